The van der Waals surface area contributed by atoms with Crippen LogP contribution < -0.4 is 15.5 Å². The van der Waals surface area contributed by atoms with Gasteiger partial charge in [-0.1, -0.05) is 17.7 Å². The van der Waals surface area contributed by atoms with E-state index in [2.05, 4.69) is 46.5 Å². The highest BCUT2D eigenvalue weighted by atomic mass is 127. The summed E-state index contributed by atoms with van der Waals surface area (Å²) in [7, 11) is 1.72. The van der Waals surface area contributed by atoms with E-state index in [0.717, 1.165) is 37.2 Å². The Balaban J connectivity index is 0.00000364. The predicted octanol–water partition coefficient (Wildman–Crippen LogP) is 4.07. The monoisotopic (exact) mass is 508 g/mol. The molecule has 5 nitrogen and oxygen atoms in total. The molecule has 0 amide bonds. The van der Waals surface area contributed by atoms with Crippen LogP contribution in [0.4, 0.5) is 5.69 Å². The number of hydrogen-bond donors (Lipinski definition) is 2. The number of hydrogen-bond acceptors (Lipinski definition) is 3. The molecular formula is C20H34ClIN4O. The van der Waals surface area contributed by atoms with Gasteiger partial charge in [0, 0.05) is 44.0 Å². The van der Waals surface area contributed by atoms with Crippen molar-refractivity contribution in [2.75, 3.05) is 44.7 Å². The number of guanidine groups is 1. The molecule has 0 aromatic heterocycles. The van der Waals surface area contributed by atoms with Crippen molar-refractivity contribution in [3.8, 4) is 0 Å². The van der Waals surface area contributed by atoms with E-state index in [9.17, 15) is 0 Å². The van der Waals surface area contributed by atoms with Crippen molar-refractivity contribution in [2.45, 2.75) is 39.7 Å². The number of rotatable bonds is 7. The van der Waals surface area contributed by atoms with Crippen LogP contribution in [0.1, 0.15) is 32.8 Å². The summed E-state index contributed by atoms with van der Waals surface area (Å²) in [4.78, 5) is 7.09. The molecule has 1 saturated heterocycles. The van der Waals surface area contributed by atoms with Crippen molar-refractivity contribution < 1.29 is 4.74 Å². The molecular weight excluding hydrogens is 475 g/mol. The van der Waals surface area contributed by atoms with Crippen LogP contribution in [-0.4, -0.2) is 51.4 Å². The average Bonchev–Trinajstić information content (AvgIpc) is 3.08. The zero-order chi connectivity index (χ0) is 19.2. The minimum Gasteiger partial charge on any atom is -0.377 e. The molecule has 1 heterocycles. The number of aryl methyl sites for hydroxylation is 1. The summed E-state index contributed by atoms with van der Waals surface area (Å²) >= 11 is 6.18. The molecule has 154 valence electrons. The van der Waals surface area contributed by atoms with E-state index in [-0.39, 0.29) is 29.6 Å². The molecule has 7 heteroatoms. The number of ether oxygens (including phenoxy) is 1. The SMILES string of the molecule is CCNC(=NCC(C)(C)OC)NCC1CCN(c2cc(Cl)ccc2C)C1.I. The third-order valence-electron chi connectivity index (χ3n) is 4.87. The molecule has 2 N–H and O–H groups in total. The Hall–Kier alpha value is -0.730. The maximum absolute atomic E-state index is 6.18. The Labute approximate surface area is 186 Å². The van der Waals surface area contributed by atoms with Gasteiger partial charge in [0.25, 0.3) is 0 Å². The van der Waals surface area contributed by atoms with E-state index in [0.29, 0.717) is 12.5 Å². The van der Waals surface area contributed by atoms with E-state index in [1.54, 1.807) is 7.11 Å². The second-order valence-electron chi connectivity index (χ2n) is 7.57. The van der Waals surface area contributed by atoms with Crippen molar-refractivity contribution in [2.24, 2.45) is 10.9 Å². The number of halogens is 2. The fourth-order valence-electron chi connectivity index (χ4n) is 3.06. The molecule has 1 aliphatic heterocycles. The third-order valence-corrected chi connectivity index (χ3v) is 5.11. The first-order valence-corrected chi connectivity index (χ1v) is 9.81. The summed E-state index contributed by atoms with van der Waals surface area (Å²) in [5, 5.41) is 7.60. The van der Waals surface area contributed by atoms with Crippen LogP contribution >= 0.6 is 35.6 Å². The van der Waals surface area contributed by atoms with Crippen LogP contribution in [0.3, 0.4) is 0 Å². The van der Waals surface area contributed by atoms with Gasteiger partial charge in [-0.05, 0) is 57.7 Å². The van der Waals surface area contributed by atoms with E-state index in [4.69, 9.17) is 16.3 Å². The Kier molecular flexibility index (Phi) is 10.2. The molecule has 1 aliphatic rings. The van der Waals surface area contributed by atoms with Crippen molar-refractivity contribution in [3.05, 3.63) is 28.8 Å². The van der Waals surface area contributed by atoms with Crippen LogP contribution in [0.2, 0.25) is 5.02 Å². The van der Waals surface area contributed by atoms with Crippen LogP contribution in [0, 0.1) is 12.8 Å². The number of aliphatic imine (C=N–C) groups is 1. The van der Waals surface area contributed by atoms with Gasteiger partial charge < -0.3 is 20.3 Å². The molecule has 0 radical (unpaired) electrons. The van der Waals surface area contributed by atoms with E-state index in [1.165, 1.54) is 17.7 Å². The summed E-state index contributed by atoms with van der Waals surface area (Å²) in [6.07, 6.45) is 1.17. The van der Waals surface area contributed by atoms with Gasteiger partial charge in [0.1, 0.15) is 0 Å². The van der Waals surface area contributed by atoms with Crippen LogP contribution in [0.25, 0.3) is 0 Å². The molecule has 1 atom stereocenters. The van der Waals surface area contributed by atoms with Gasteiger partial charge in [0.05, 0.1) is 12.1 Å². The highest BCUT2D eigenvalue weighted by Crippen LogP contribution is 2.29. The molecule has 0 saturated carbocycles. The Bertz CT molecular complexity index is 624. The number of benzene rings is 1. The summed E-state index contributed by atoms with van der Waals surface area (Å²) in [6, 6.07) is 6.12. The summed E-state index contributed by atoms with van der Waals surface area (Å²) < 4.78 is 5.45. The minimum atomic E-state index is -0.253. The fraction of sp³-hybridized carbons (Fsp3) is 0.650. The van der Waals surface area contributed by atoms with Crippen molar-refractivity contribution in [1.82, 2.24) is 10.6 Å². The van der Waals surface area contributed by atoms with E-state index >= 15 is 0 Å². The van der Waals surface area contributed by atoms with E-state index in [1.807, 2.05) is 19.9 Å². The Morgan fingerprint density at radius 3 is 2.78 bits per heavy atom. The zero-order valence-corrected chi connectivity index (χ0v) is 20.2. The molecule has 0 spiro atoms. The summed E-state index contributed by atoms with van der Waals surface area (Å²) in [5.41, 5.74) is 2.28. The van der Waals surface area contributed by atoms with Crippen LogP contribution in [0.5, 0.6) is 0 Å². The topological polar surface area (TPSA) is 48.9 Å². The van der Waals surface area contributed by atoms with Gasteiger partial charge in [-0.2, -0.15) is 0 Å². The lowest BCUT2D eigenvalue weighted by molar-refractivity contribution is 0.0310. The van der Waals surface area contributed by atoms with Gasteiger partial charge in [0.15, 0.2) is 5.96 Å². The normalized spacial score (nSPS) is 17.6. The summed E-state index contributed by atoms with van der Waals surface area (Å²) in [5.74, 6) is 1.45. The van der Waals surface area contributed by atoms with Crippen molar-refractivity contribution in [3.63, 3.8) is 0 Å². The lowest BCUT2D eigenvalue weighted by atomic mass is 10.1. The van der Waals surface area contributed by atoms with Gasteiger partial charge in [0.2, 0.25) is 0 Å². The Morgan fingerprint density at radius 2 is 2.11 bits per heavy atom. The number of nitrogens with zero attached hydrogens (tertiary/aromatic N) is 2. The molecule has 2 rings (SSSR count). The fourth-order valence-corrected chi connectivity index (χ4v) is 3.22. The largest absolute Gasteiger partial charge is 0.377 e. The number of anilines is 1. The molecule has 1 fully saturated rings. The zero-order valence-electron chi connectivity index (χ0n) is 17.1. The molecule has 27 heavy (non-hydrogen) atoms. The maximum Gasteiger partial charge on any atom is 0.191 e. The quantitative estimate of drug-likeness (QED) is 0.331. The maximum atomic E-state index is 6.18. The van der Waals surface area contributed by atoms with Gasteiger partial charge >= 0.3 is 0 Å². The molecule has 1 aromatic carbocycles. The smallest absolute Gasteiger partial charge is 0.191 e. The molecule has 0 aliphatic carbocycles. The number of nitrogens with one attached hydrogen (secondary N) is 2. The standard InChI is InChI=1S/C20H33ClN4O.HI/c1-6-22-19(24-14-20(3,4)26-5)23-12-16-9-10-25(13-16)18-11-17(21)8-7-15(18)2;/h7-8,11,16H,6,9-10,12-14H2,1-5H3,(H2,22,23,24);1H. The molecule has 0 bridgehead atoms. The van der Waals surface area contributed by atoms with Gasteiger partial charge in [-0.25, -0.2) is 0 Å². The van der Waals surface area contributed by atoms with Crippen molar-refractivity contribution >= 4 is 47.2 Å². The second-order valence-corrected chi connectivity index (χ2v) is 8.01. The summed E-state index contributed by atoms with van der Waals surface area (Å²) in [6.45, 7) is 12.8. The first-order chi connectivity index (χ1) is 12.3. The molecule has 1 aromatic rings. The van der Waals surface area contributed by atoms with Crippen molar-refractivity contribution in [1.29, 1.82) is 0 Å². The first-order valence-electron chi connectivity index (χ1n) is 9.43. The van der Waals surface area contributed by atoms with Crippen LogP contribution in [0.15, 0.2) is 23.2 Å². The predicted molar refractivity (Wildman–Crippen MR) is 127 cm³/mol. The second kappa shape index (κ2) is 11.3. The van der Waals surface area contributed by atoms with E-state index < -0.39 is 0 Å². The lowest BCUT2D eigenvalue weighted by Crippen LogP contribution is -2.41. The minimum absolute atomic E-state index is 0. The molecule has 1 unspecified atom stereocenters. The average molecular weight is 509 g/mol. The number of methoxy groups -OCH3 is 1. The lowest BCUT2D eigenvalue weighted by Gasteiger charge is -2.23. The van der Waals surface area contributed by atoms with Crippen LogP contribution in [-0.2, 0) is 4.74 Å². The van der Waals surface area contributed by atoms with Gasteiger partial charge in [-0.15, -0.1) is 24.0 Å². The third kappa shape index (κ3) is 7.66. The van der Waals surface area contributed by atoms with Gasteiger partial charge in [-0.3, -0.25) is 4.99 Å². The Morgan fingerprint density at radius 1 is 1.37 bits per heavy atom. The highest BCUT2D eigenvalue weighted by molar-refractivity contribution is 14.0. The highest BCUT2D eigenvalue weighted by Gasteiger charge is 2.24. The first kappa shape index (κ1) is 24.3.